The standard InChI is InChI=1S/C13H22N2O3/c16-9-11-8-14-12(17)13(18)15(11)7-6-10-4-2-1-3-5-10/h10-11,16H,1-9H2,(H,14,17)/t11-/m1/s1. The molecule has 0 radical (unpaired) electrons. The first kappa shape index (κ1) is 13.3. The number of amides is 2. The molecule has 5 nitrogen and oxygen atoms in total. The Labute approximate surface area is 108 Å². The first-order valence-corrected chi connectivity index (χ1v) is 6.92. The van der Waals surface area contributed by atoms with Gasteiger partial charge in [-0.2, -0.15) is 0 Å². The lowest BCUT2D eigenvalue weighted by atomic mass is 9.87. The highest BCUT2D eigenvalue weighted by Crippen LogP contribution is 2.26. The maximum Gasteiger partial charge on any atom is 0.312 e. The molecule has 2 fully saturated rings. The average molecular weight is 254 g/mol. The van der Waals surface area contributed by atoms with E-state index in [1.165, 1.54) is 32.1 Å². The molecule has 2 aliphatic rings. The number of nitrogens with zero attached hydrogens (tertiary/aromatic N) is 1. The van der Waals surface area contributed by atoms with Crippen LogP contribution in [0.25, 0.3) is 0 Å². The Balaban J connectivity index is 1.87. The number of aliphatic hydroxyl groups excluding tert-OH is 1. The van der Waals surface area contributed by atoms with Crippen LogP contribution in [0.1, 0.15) is 38.5 Å². The minimum Gasteiger partial charge on any atom is -0.394 e. The van der Waals surface area contributed by atoms with Crippen molar-refractivity contribution in [2.75, 3.05) is 19.7 Å². The Hall–Kier alpha value is -1.10. The van der Waals surface area contributed by atoms with Gasteiger partial charge in [-0.3, -0.25) is 9.59 Å². The van der Waals surface area contributed by atoms with Crippen LogP contribution in [0.2, 0.25) is 0 Å². The van der Waals surface area contributed by atoms with Crippen molar-refractivity contribution in [1.82, 2.24) is 10.2 Å². The second-order valence-electron chi connectivity index (χ2n) is 5.34. The van der Waals surface area contributed by atoms with E-state index in [2.05, 4.69) is 5.32 Å². The molecule has 2 N–H and O–H groups in total. The minimum atomic E-state index is -0.539. The fraction of sp³-hybridized carbons (Fsp3) is 0.846. The van der Waals surface area contributed by atoms with E-state index in [4.69, 9.17) is 0 Å². The van der Waals surface area contributed by atoms with Crippen molar-refractivity contribution >= 4 is 11.8 Å². The lowest BCUT2D eigenvalue weighted by Gasteiger charge is -2.35. The van der Waals surface area contributed by atoms with E-state index in [-0.39, 0.29) is 12.6 Å². The monoisotopic (exact) mass is 254 g/mol. The third-order valence-electron chi connectivity index (χ3n) is 4.11. The van der Waals surface area contributed by atoms with E-state index < -0.39 is 11.8 Å². The second kappa shape index (κ2) is 6.18. The summed E-state index contributed by atoms with van der Waals surface area (Å²) in [5.41, 5.74) is 0. The lowest BCUT2D eigenvalue weighted by Crippen LogP contribution is -2.59. The summed E-state index contributed by atoms with van der Waals surface area (Å²) in [7, 11) is 0. The van der Waals surface area contributed by atoms with Gasteiger partial charge in [-0.1, -0.05) is 32.1 Å². The highest BCUT2D eigenvalue weighted by Gasteiger charge is 2.33. The number of hydrogen-bond acceptors (Lipinski definition) is 3. The number of carbonyl (C=O) groups excluding carboxylic acids is 2. The maximum atomic E-state index is 11.8. The van der Waals surface area contributed by atoms with E-state index >= 15 is 0 Å². The molecule has 1 saturated carbocycles. The molecule has 5 heteroatoms. The SMILES string of the molecule is O=C1NC[C@H](CO)N(CCC2CCCCC2)C1=O. The molecule has 1 aliphatic carbocycles. The van der Waals surface area contributed by atoms with Gasteiger partial charge < -0.3 is 15.3 Å². The minimum absolute atomic E-state index is 0.0866. The zero-order chi connectivity index (χ0) is 13.0. The molecule has 1 aliphatic heterocycles. The van der Waals surface area contributed by atoms with Crippen molar-refractivity contribution in [3.05, 3.63) is 0 Å². The van der Waals surface area contributed by atoms with Gasteiger partial charge in [0, 0.05) is 13.1 Å². The molecule has 0 aromatic heterocycles. The Kier molecular flexibility index (Phi) is 4.58. The molecule has 1 heterocycles. The second-order valence-corrected chi connectivity index (χ2v) is 5.34. The fourth-order valence-corrected chi connectivity index (χ4v) is 2.94. The Morgan fingerprint density at radius 2 is 1.94 bits per heavy atom. The normalized spacial score (nSPS) is 26.3. The van der Waals surface area contributed by atoms with Crippen molar-refractivity contribution < 1.29 is 14.7 Å². The first-order valence-electron chi connectivity index (χ1n) is 6.92. The van der Waals surface area contributed by atoms with Crippen LogP contribution in [0, 0.1) is 5.92 Å². The summed E-state index contributed by atoms with van der Waals surface area (Å²) in [5, 5.41) is 11.8. The van der Waals surface area contributed by atoms with Crippen LogP contribution >= 0.6 is 0 Å². The van der Waals surface area contributed by atoms with Crippen molar-refractivity contribution in [1.29, 1.82) is 0 Å². The van der Waals surface area contributed by atoms with Gasteiger partial charge in [-0.05, 0) is 12.3 Å². The predicted octanol–water partition coefficient (Wildman–Crippen LogP) is 0.276. The molecule has 1 atom stereocenters. The number of rotatable bonds is 4. The molecule has 0 aromatic rings. The molecule has 0 bridgehead atoms. The van der Waals surface area contributed by atoms with Crippen LogP contribution in [0.3, 0.4) is 0 Å². The zero-order valence-corrected chi connectivity index (χ0v) is 10.7. The molecule has 0 unspecified atom stereocenters. The summed E-state index contributed by atoms with van der Waals surface area (Å²) in [4.78, 5) is 24.7. The van der Waals surface area contributed by atoms with Crippen LogP contribution < -0.4 is 5.32 Å². The van der Waals surface area contributed by atoms with Gasteiger partial charge in [-0.15, -0.1) is 0 Å². The number of piperazine rings is 1. The maximum absolute atomic E-state index is 11.8. The van der Waals surface area contributed by atoms with Gasteiger partial charge in [-0.25, -0.2) is 0 Å². The van der Waals surface area contributed by atoms with Gasteiger partial charge >= 0.3 is 11.8 Å². The summed E-state index contributed by atoms with van der Waals surface area (Å²) < 4.78 is 0. The van der Waals surface area contributed by atoms with Crippen LogP contribution in [0.15, 0.2) is 0 Å². The summed E-state index contributed by atoms with van der Waals surface area (Å²) in [6.45, 7) is 0.880. The van der Waals surface area contributed by atoms with Crippen LogP contribution in [-0.4, -0.2) is 47.6 Å². The molecular formula is C13H22N2O3. The highest BCUT2D eigenvalue weighted by molar-refractivity contribution is 6.35. The Morgan fingerprint density at radius 1 is 1.22 bits per heavy atom. The predicted molar refractivity (Wildman–Crippen MR) is 66.8 cm³/mol. The van der Waals surface area contributed by atoms with Crippen molar-refractivity contribution in [2.45, 2.75) is 44.6 Å². The van der Waals surface area contributed by atoms with E-state index in [0.717, 1.165) is 6.42 Å². The zero-order valence-electron chi connectivity index (χ0n) is 10.7. The van der Waals surface area contributed by atoms with Gasteiger partial charge in [0.1, 0.15) is 0 Å². The van der Waals surface area contributed by atoms with Crippen LogP contribution in [0.4, 0.5) is 0 Å². The van der Waals surface area contributed by atoms with Gasteiger partial charge in [0.25, 0.3) is 0 Å². The molecule has 2 rings (SSSR count). The number of carbonyl (C=O) groups is 2. The van der Waals surface area contributed by atoms with Gasteiger partial charge in [0.05, 0.1) is 12.6 Å². The van der Waals surface area contributed by atoms with Crippen LogP contribution in [-0.2, 0) is 9.59 Å². The molecule has 0 spiro atoms. The van der Waals surface area contributed by atoms with Crippen LogP contribution in [0.5, 0.6) is 0 Å². The topological polar surface area (TPSA) is 69.6 Å². The highest BCUT2D eigenvalue weighted by atomic mass is 16.3. The van der Waals surface area contributed by atoms with E-state index in [9.17, 15) is 14.7 Å². The molecule has 18 heavy (non-hydrogen) atoms. The Morgan fingerprint density at radius 3 is 2.61 bits per heavy atom. The van der Waals surface area contributed by atoms with E-state index in [1.807, 2.05) is 0 Å². The summed E-state index contributed by atoms with van der Waals surface area (Å²) >= 11 is 0. The molecule has 0 aromatic carbocycles. The quantitative estimate of drug-likeness (QED) is 0.708. The molecule has 1 saturated heterocycles. The van der Waals surface area contributed by atoms with Crippen molar-refractivity contribution in [3.63, 3.8) is 0 Å². The Bertz CT molecular complexity index is 313. The molecule has 2 amide bonds. The van der Waals surface area contributed by atoms with Crippen molar-refractivity contribution in [2.24, 2.45) is 5.92 Å². The fourth-order valence-electron chi connectivity index (χ4n) is 2.94. The molecule has 102 valence electrons. The summed E-state index contributed by atoms with van der Waals surface area (Å²) in [5.74, 6) is -0.352. The number of aliphatic hydroxyl groups is 1. The van der Waals surface area contributed by atoms with E-state index in [1.54, 1.807) is 4.90 Å². The first-order chi connectivity index (χ1) is 8.72. The van der Waals surface area contributed by atoms with Crippen molar-refractivity contribution in [3.8, 4) is 0 Å². The molecular weight excluding hydrogens is 232 g/mol. The average Bonchev–Trinajstić information content (AvgIpc) is 2.41. The summed E-state index contributed by atoms with van der Waals surface area (Å²) in [6, 6.07) is -0.251. The smallest absolute Gasteiger partial charge is 0.312 e. The largest absolute Gasteiger partial charge is 0.394 e. The van der Waals surface area contributed by atoms with Gasteiger partial charge in [0.2, 0.25) is 0 Å². The summed E-state index contributed by atoms with van der Waals surface area (Å²) in [6.07, 6.45) is 7.30. The third kappa shape index (κ3) is 3.02. The van der Waals surface area contributed by atoms with Gasteiger partial charge in [0.15, 0.2) is 0 Å². The van der Waals surface area contributed by atoms with E-state index in [0.29, 0.717) is 19.0 Å². The lowest BCUT2D eigenvalue weighted by molar-refractivity contribution is -0.151. The third-order valence-corrected chi connectivity index (χ3v) is 4.11. The number of nitrogens with one attached hydrogen (secondary N) is 1. The number of hydrogen-bond donors (Lipinski definition) is 2.